The van der Waals surface area contributed by atoms with Crippen LogP contribution in [0.5, 0.6) is 0 Å². The lowest BCUT2D eigenvalue weighted by molar-refractivity contribution is -0.117. The first kappa shape index (κ1) is 25.0. The third-order valence-corrected chi connectivity index (χ3v) is 7.41. The van der Waals surface area contributed by atoms with Gasteiger partial charge < -0.3 is 19.7 Å². The van der Waals surface area contributed by atoms with E-state index in [0.29, 0.717) is 19.1 Å². The minimum atomic E-state index is -0.463. The van der Waals surface area contributed by atoms with Crippen LogP contribution in [0.1, 0.15) is 43.9 Å². The van der Waals surface area contributed by atoms with E-state index in [1.807, 2.05) is 64.4 Å². The Bertz CT molecular complexity index is 1250. The molecule has 2 aliphatic rings. The van der Waals surface area contributed by atoms with E-state index in [4.69, 9.17) is 9.47 Å². The number of fused-ring (bicyclic) bond motifs is 1. The molecule has 0 spiro atoms. The van der Waals surface area contributed by atoms with E-state index in [9.17, 15) is 9.59 Å². The number of hydrogen-bond donors (Lipinski definition) is 1. The van der Waals surface area contributed by atoms with Gasteiger partial charge in [0.2, 0.25) is 5.91 Å². The number of anilines is 1. The van der Waals surface area contributed by atoms with Crippen LogP contribution in [0.4, 0.5) is 10.5 Å². The van der Waals surface area contributed by atoms with Gasteiger partial charge >= 0.3 is 6.09 Å². The zero-order valence-electron chi connectivity index (χ0n) is 21.6. The van der Waals surface area contributed by atoms with Crippen molar-refractivity contribution in [2.45, 2.75) is 51.9 Å². The highest BCUT2D eigenvalue weighted by Gasteiger charge is 2.48. The van der Waals surface area contributed by atoms with Crippen LogP contribution in [0.15, 0.2) is 60.9 Å². The molecule has 0 radical (unpaired) electrons. The maximum atomic E-state index is 13.0. The molecule has 3 atom stereocenters. The molecule has 1 unspecified atom stereocenters. The highest BCUT2D eigenvalue weighted by atomic mass is 16.5. The standard InChI is InChI=1S/C29H34N4O4/c1-19-27(31-29(35)37-18-21-7-5-4-6-8-21)25-15-23(24-16-30-32(17-24)13-14-36-3)11-12-26(25)33(20(2)34)28(19)22-9-10-22/h4-8,11-12,15-17,19,22,27-28H,9-10,13-14,18H2,1-3H3,(H,31,35)/t19-,27?,28-/m1/s1. The summed E-state index contributed by atoms with van der Waals surface area (Å²) in [4.78, 5) is 27.8. The third kappa shape index (κ3) is 5.39. The van der Waals surface area contributed by atoms with Crippen molar-refractivity contribution >= 4 is 17.7 Å². The molecule has 3 aromatic rings. The zero-order chi connectivity index (χ0) is 25.9. The average Bonchev–Trinajstić information content (AvgIpc) is 3.63. The number of carbonyl (C=O) groups excluding carboxylic acids is 2. The monoisotopic (exact) mass is 502 g/mol. The van der Waals surface area contributed by atoms with Gasteiger partial charge in [-0.15, -0.1) is 0 Å². The second-order valence-electron chi connectivity index (χ2n) is 10.0. The fraction of sp³-hybridized carbons (Fsp3) is 0.414. The summed E-state index contributed by atoms with van der Waals surface area (Å²) in [5, 5.41) is 7.59. The number of hydrogen-bond acceptors (Lipinski definition) is 5. The Hall–Kier alpha value is -3.65. The second kappa shape index (κ2) is 10.8. The topological polar surface area (TPSA) is 85.7 Å². The summed E-state index contributed by atoms with van der Waals surface area (Å²) < 4.78 is 12.6. The predicted molar refractivity (Wildman–Crippen MR) is 141 cm³/mol. The summed E-state index contributed by atoms with van der Waals surface area (Å²) >= 11 is 0. The molecular weight excluding hydrogens is 468 g/mol. The highest BCUT2D eigenvalue weighted by Crippen LogP contribution is 2.49. The number of ether oxygens (including phenoxy) is 2. The van der Waals surface area contributed by atoms with Crippen molar-refractivity contribution in [1.29, 1.82) is 0 Å². The molecule has 1 N–H and O–H groups in total. The Kier molecular flexibility index (Phi) is 7.28. The molecule has 0 saturated heterocycles. The Morgan fingerprint density at radius 2 is 1.89 bits per heavy atom. The van der Waals surface area contributed by atoms with E-state index in [-0.39, 0.29) is 30.5 Å². The van der Waals surface area contributed by atoms with E-state index < -0.39 is 6.09 Å². The number of alkyl carbamates (subject to hydrolysis) is 1. The van der Waals surface area contributed by atoms with Gasteiger partial charge in [0.1, 0.15) is 6.61 Å². The highest BCUT2D eigenvalue weighted by molar-refractivity contribution is 5.94. The molecule has 8 heteroatoms. The van der Waals surface area contributed by atoms with Gasteiger partial charge in [0.25, 0.3) is 0 Å². The molecule has 1 aromatic heterocycles. The minimum absolute atomic E-state index is 0.0212. The number of aromatic nitrogens is 2. The molecular formula is C29H34N4O4. The Labute approximate surface area is 217 Å². The molecule has 1 fully saturated rings. The molecule has 1 aliphatic heterocycles. The van der Waals surface area contributed by atoms with Crippen LogP contribution in [-0.4, -0.2) is 41.5 Å². The Morgan fingerprint density at radius 3 is 2.59 bits per heavy atom. The van der Waals surface area contributed by atoms with Crippen LogP contribution in [0, 0.1) is 11.8 Å². The summed E-state index contributed by atoms with van der Waals surface area (Å²) in [6, 6.07) is 15.5. The SMILES string of the molecule is COCCn1cc(-c2ccc3c(c2)C(NC(=O)OCc2ccccc2)[C@@H](C)[C@H](C2CC2)N3C(C)=O)cn1. The molecule has 2 heterocycles. The molecule has 5 rings (SSSR count). The fourth-order valence-corrected chi connectivity index (χ4v) is 5.46. The predicted octanol–water partition coefficient (Wildman–Crippen LogP) is 4.95. The molecule has 2 aromatic carbocycles. The van der Waals surface area contributed by atoms with Crippen LogP contribution in [0.25, 0.3) is 11.1 Å². The molecule has 194 valence electrons. The Morgan fingerprint density at radius 1 is 1.11 bits per heavy atom. The number of benzene rings is 2. The largest absolute Gasteiger partial charge is 0.445 e. The number of rotatable bonds is 8. The van der Waals surface area contributed by atoms with Gasteiger partial charge in [0, 0.05) is 43.4 Å². The van der Waals surface area contributed by atoms with Crippen molar-refractivity contribution < 1.29 is 19.1 Å². The summed E-state index contributed by atoms with van der Waals surface area (Å²) in [5.74, 6) is 0.485. The summed E-state index contributed by atoms with van der Waals surface area (Å²) in [7, 11) is 1.67. The van der Waals surface area contributed by atoms with Gasteiger partial charge in [-0.05, 0) is 47.6 Å². The molecule has 37 heavy (non-hydrogen) atoms. The van der Waals surface area contributed by atoms with Crippen molar-refractivity contribution in [3.8, 4) is 11.1 Å². The van der Waals surface area contributed by atoms with Crippen LogP contribution in [0.2, 0.25) is 0 Å². The molecule has 0 bridgehead atoms. The van der Waals surface area contributed by atoms with Gasteiger partial charge in [-0.25, -0.2) is 4.79 Å². The maximum absolute atomic E-state index is 13.0. The lowest BCUT2D eigenvalue weighted by Crippen LogP contribution is -2.53. The number of amides is 2. The minimum Gasteiger partial charge on any atom is -0.445 e. The second-order valence-corrected chi connectivity index (χ2v) is 10.0. The van der Waals surface area contributed by atoms with Crippen LogP contribution in [0.3, 0.4) is 0 Å². The maximum Gasteiger partial charge on any atom is 0.407 e. The van der Waals surface area contributed by atoms with E-state index >= 15 is 0 Å². The fourth-order valence-electron chi connectivity index (χ4n) is 5.46. The lowest BCUT2D eigenvalue weighted by Gasteiger charge is -2.45. The first-order valence-corrected chi connectivity index (χ1v) is 12.9. The lowest BCUT2D eigenvalue weighted by atomic mass is 9.79. The first-order chi connectivity index (χ1) is 18.0. The van der Waals surface area contributed by atoms with Crippen LogP contribution < -0.4 is 10.2 Å². The zero-order valence-corrected chi connectivity index (χ0v) is 21.6. The van der Waals surface area contributed by atoms with E-state index in [1.165, 1.54) is 0 Å². The number of carbonyl (C=O) groups is 2. The Balaban J connectivity index is 1.46. The number of methoxy groups -OCH3 is 1. The van der Waals surface area contributed by atoms with Gasteiger partial charge in [-0.1, -0.05) is 43.3 Å². The van der Waals surface area contributed by atoms with Gasteiger partial charge in [-0.2, -0.15) is 5.10 Å². The van der Waals surface area contributed by atoms with E-state index in [0.717, 1.165) is 40.8 Å². The van der Waals surface area contributed by atoms with Crippen molar-refractivity contribution in [3.05, 3.63) is 72.1 Å². The van der Waals surface area contributed by atoms with Gasteiger partial charge in [-0.3, -0.25) is 9.48 Å². The van der Waals surface area contributed by atoms with Crippen molar-refractivity contribution in [2.24, 2.45) is 11.8 Å². The van der Waals surface area contributed by atoms with Crippen molar-refractivity contribution in [1.82, 2.24) is 15.1 Å². The molecule has 2 amide bonds. The van der Waals surface area contributed by atoms with Crippen molar-refractivity contribution in [2.75, 3.05) is 18.6 Å². The third-order valence-electron chi connectivity index (χ3n) is 7.41. The summed E-state index contributed by atoms with van der Waals surface area (Å²) in [6.07, 6.45) is 5.54. The van der Waals surface area contributed by atoms with Gasteiger partial charge in [0.05, 0.1) is 25.4 Å². The van der Waals surface area contributed by atoms with Crippen LogP contribution >= 0.6 is 0 Å². The quantitative estimate of drug-likeness (QED) is 0.471. The smallest absolute Gasteiger partial charge is 0.407 e. The molecule has 8 nitrogen and oxygen atoms in total. The van der Waals surface area contributed by atoms with Gasteiger partial charge in [0.15, 0.2) is 0 Å². The molecule has 1 aliphatic carbocycles. The van der Waals surface area contributed by atoms with E-state index in [2.05, 4.69) is 23.4 Å². The van der Waals surface area contributed by atoms with Crippen molar-refractivity contribution in [3.63, 3.8) is 0 Å². The first-order valence-electron chi connectivity index (χ1n) is 12.9. The average molecular weight is 503 g/mol. The van der Waals surface area contributed by atoms with Crippen LogP contribution in [-0.2, 0) is 27.4 Å². The number of nitrogens with zero attached hydrogens (tertiary/aromatic N) is 3. The summed E-state index contributed by atoms with van der Waals surface area (Å²) in [5.41, 5.74) is 4.65. The number of nitrogens with one attached hydrogen (secondary N) is 1. The summed E-state index contributed by atoms with van der Waals surface area (Å²) in [6.45, 7) is 5.20. The normalized spacial score (nSPS) is 20.8. The molecule has 1 saturated carbocycles. The van der Waals surface area contributed by atoms with E-state index in [1.54, 1.807) is 14.0 Å².